The first-order chi connectivity index (χ1) is 20.4. The van der Waals surface area contributed by atoms with E-state index in [0.29, 0.717) is 25.0 Å². The Bertz CT molecular complexity index is 1540. The van der Waals surface area contributed by atoms with Crippen LogP contribution in [0.5, 0.6) is 0 Å². The Hall–Kier alpha value is -3.16. The smallest absolute Gasteiger partial charge is 0.408 e. The van der Waals surface area contributed by atoms with Crippen LogP contribution in [0.4, 0.5) is 23.7 Å². The van der Waals surface area contributed by atoms with Crippen molar-refractivity contribution in [2.24, 2.45) is 11.8 Å². The second-order valence-electron chi connectivity index (χ2n) is 12.3. The number of anilines is 1. The molecule has 2 aromatic rings. The lowest BCUT2D eigenvalue weighted by Gasteiger charge is -2.42. The molecule has 9 nitrogen and oxygen atoms in total. The van der Waals surface area contributed by atoms with Gasteiger partial charge < -0.3 is 20.5 Å². The molecule has 2 fully saturated rings. The van der Waals surface area contributed by atoms with Crippen LogP contribution in [0.15, 0.2) is 35.2 Å². The van der Waals surface area contributed by atoms with Crippen LogP contribution in [0, 0.1) is 29.3 Å². The topological polar surface area (TPSA) is 139 Å². The molecule has 2 aliphatic rings. The molecule has 0 aliphatic heterocycles. The zero-order valence-electron chi connectivity index (χ0n) is 24.4. The van der Waals surface area contributed by atoms with Gasteiger partial charge >= 0.3 is 6.09 Å². The summed E-state index contributed by atoms with van der Waals surface area (Å²) < 4.78 is 73.1. The molecule has 0 heterocycles. The highest BCUT2D eigenvalue weighted by molar-refractivity contribution is 7.92. The van der Waals surface area contributed by atoms with Gasteiger partial charge in [-0.2, -0.15) is 0 Å². The Kier molecular flexibility index (Phi) is 9.72. The minimum absolute atomic E-state index is 0.0123. The number of rotatable bonds is 9. The summed E-state index contributed by atoms with van der Waals surface area (Å²) in [5.74, 6) is -6.71. The van der Waals surface area contributed by atoms with Gasteiger partial charge in [-0.15, -0.1) is 0 Å². The number of carbonyl (C=O) groups excluding carboxylic acids is 3. The first-order valence-corrected chi connectivity index (χ1v) is 16.0. The summed E-state index contributed by atoms with van der Waals surface area (Å²) in [4.78, 5) is 36.8. The maximum absolute atomic E-state index is 13.8. The molecule has 2 amide bonds. The molecular formula is C30H34ClF3N2O7S. The third-order valence-corrected chi connectivity index (χ3v) is 10.8. The Morgan fingerprint density at radius 3 is 2.20 bits per heavy atom. The molecule has 4 rings (SSSR count). The summed E-state index contributed by atoms with van der Waals surface area (Å²) in [6.07, 6.45) is 0.735. The number of ketones is 1. The Morgan fingerprint density at radius 1 is 1.05 bits per heavy atom. The number of Topliss-reactive ketones (excluding diaryl/α,β-unsaturated/α-hetero) is 1. The Morgan fingerprint density at radius 2 is 1.64 bits per heavy atom. The average Bonchev–Trinajstić information content (AvgIpc) is 3.08. The largest absolute Gasteiger partial charge is 0.444 e. The fourth-order valence-electron chi connectivity index (χ4n) is 6.06. The van der Waals surface area contributed by atoms with E-state index in [9.17, 15) is 41.1 Å². The second kappa shape index (κ2) is 12.7. The van der Waals surface area contributed by atoms with Crippen LogP contribution in [-0.4, -0.2) is 54.3 Å². The summed E-state index contributed by atoms with van der Waals surface area (Å²) in [6, 6.07) is 4.72. The van der Waals surface area contributed by atoms with Gasteiger partial charge in [-0.25, -0.2) is 26.4 Å². The zero-order chi connectivity index (χ0) is 32.6. The van der Waals surface area contributed by atoms with Gasteiger partial charge in [0.15, 0.2) is 33.1 Å². The third kappa shape index (κ3) is 7.37. The van der Waals surface area contributed by atoms with Gasteiger partial charge in [-0.05, 0) is 82.9 Å². The average molecular weight is 659 g/mol. The first kappa shape index (κ1) is 33.7. The number of fused-ring (bicyclic) bond motifs is 2. The number of amides is 2. The number of carbonyl (C=O) groups is 3. The lowest BCUT2D eigenvalue weighted by Crippen LogP contribution is -2.48. The highest BCUT2D eigenvalue weighted by atomic mass is 35.5. The van der Waals surface area contributed by atoms with E-state index >= 15 is 0 Å². The van der Waals surface area contributed by atoms with Crippen molar-refractivity contribution in [3.63, 3.8) is 0 Å². The highest BCUT2D eigenvalue weighted by Crippen LogP contribution is 2.54. The fraction of sp³-hybridized carbons (Fsp3) is 0.500. The van der Waals surface area contributed by atoms with Crippen molar-refractivity contribution >= 4 is 44.9 Å². The molecule has 2 bridgehead atoms. The maximum atomic E-state index is 13.8. The van der Waals surface area contributed by atoms with Gasteiger partial charge in [0.1, 0.15) is 5.60 Å². The van der Waals surface area contributed by atoms with Crippen LogP contribution in [0.3, 0.4) is 0 Å². The van der Waals surface area contributed by atoms with E-state index in [4.69, 9.17) is 16.3 Å². The second-order valence-corrected chi connectivity index (χ2v) is 15.0. The van der Waals surface area contributed by atoms with E-state index in [-0.39, 0.29) is 59.2 Å². The van der Waals surface area contributed by atoms with Crippen molar-refractivity contribution in [2.75, 3.05) is 11.9 Å². The summed E-state index contributed by atoms with van der Waals surface area (Å²) >= 11 is 6.26. The van der Waals surface area contributed by atoms with E-state index in [0.717, 1.165) is 6.07 Å². The number of hydrogen-bond donors (Lipinski definition) is 3. The molecule has 0 aromatic heterocycles. The van der Waals surface area contributed by atoms with Crippen LogP contribution in [0.2, 0.25) is 5.02 Å². The SMILES string of the molecule is CC(C)(C)OC(=O)NCC(=O)CCC1(O)C2CC[C@H]1CC(S(=O)(=O)c1cc(C(=O)Nc3cc(F)c(F)c(F)c3)ccc1Cl)C2. The number of aliphatic hydroxyl groups is 1. The number of benzene rings is 2. The molecule has 2 saturated carbocycles. The fourth-order valence-corrected chi connectivity index (χ4v) is 8.46. The van der Waals surface area contributed by atoms with E-state index in [2.05, 4.69) is 10.6 Å². The molecule has 0 spiro atoms. The predicted octanol–water partition coefficient (Wildman–Crippen LogP) is 5.58. The van der Waals surface area contributed by atoms with Crippen molar-refractivity contribution in [1.29, 1.82) is 0 Å². The van der Waals surface area contributed by atoms with Crippen LogP contribution in [0.25, 0.3) is 0 Å². The lowest BCUT2D eigenvalue weighted by molar-refractivity contribution is -0.121. The Balaban J connectivity index is 1.42. The quantitative estimate of drug-likeness (QED) is 0.299. The number of hydrogen-bond acceptors (Lipinski definition) is 7. The van der Waals surface area contributed by atoms with Gasteiger partial charge in [-0.1, -0.05) is 11.6 Å². The molecule has 3 unspecified atom stereocenters. The zero-order valence-corrected chi connectivity index (χ0v) is 26.0. The van der Waals surface area contributed by atoms with E-state index < -0.39 is 67.6 Å². The van der Waals surface area contributed by atoms with Crippen molar-refractivity contribution in [2.45, 2.75) is 80.6 Å². The summed E-state index contributed by atoms with van der Waals surface area (Å²) in [7, 11) is -4.10. The number of halogens is 4. The highest BCUT2D eigenvalue weighted by Gasteiger charge is 2.55. The van der Waals surface area contributed by atoms with E-state index in [1.807, 2.05) is 0 Å². The molecule has 240 valence electrons. The van der Waals surface area contributed by atoms with Crippen LogP contribution < -0.4 is 10.6 Å². The lowest BCUT2D eigenvalue weighted by atomic mass is 9.71. The number of nitrogens with one attached hydrogen (secondary N) is 2. The van der Waals surface area contributed by atoms with Crippen molar-refractivity contribution < 1.29 is 45.8 Å². The van der Waals surface area contributed by atoms with E-state index in [1.54, 1.807) is 20.8 Å². The Labute approximate surface area is 258 Å². The number of ether oxygens (including phenoxy) is 1. The number of alkyl carbamates (subject to hydrolysis) is 1. The number of sulfone groups is 1. The van der Waals surface area contributed by atoms with Gasteiger partial charge in [0.25, 0.3) is 5.91 Å². The molecule has 0 saturated heterocycles. The standard InChI is InChI=1S/C30H34ClF3N2O7S/c1-29(2,3)43-28(39)35-15-20(37)8-9-30(40)17-5-6-18(30)12-21(11-17)44(41,42)25-10-16(4-7-22(25)31)27(38)36-19-13-23(32)26(34)24(33)14-19/h4,7,10,13-14,17-18,21,40H,5-6,8-9,11-12,15H2,1-3H3,(H,35,39)(H,36,38)/t17-,18?,21?,30?/m0/s1. The molecular weight excluding hydrogens is 625 g/mol. The molecule has 2 aliphatic carbocycles. The van der Waals surface area contributed by atoms with Crippen molar-refractivity contribution in [3.05, 3.63) is 58.4 Å². The summed E-state index contributed by atoms with van der Waals surface area (Å²) in [5.41, 5.74) is -2.50. The van der Waals surface area contributed by atoms with Gasteiger partial charge in [0.05, 0.1) is 27.3 Å². The predicted molar refractivity (Wildman–Crippen MR) is 156 cm³/mol. The van der Waals surface area contributed by atoms with Gasteiger partial charge in [-0.3, -0.25) is 9.59 Å². The van der Waals surface area contributed by atoms with E-state index in [1.165, 1.54) is 12.1 Å². The normalized spacial score (nSPS) is 23.2. The first-order valence-electron chi connectivity index (χ1n) is 14.1. The molecule has 2 aromatic carbocycles. The van der Waals surface area contributed by atoms with Crippen molar-refractivity contribution in [3.8, 4) is 0 Å². The minimum Gasteiger partial charge on any atom is -0.444 e. The van der Waals surface area contributed by atoms with Gasteiger partial charge in [0, 0.05) is 29.8 Å². The van der Waals surface area contributed by atoms with Gasteiger partial charge in [0.2, 0.25) is 0 Å². The van der Waals surface area contributed by atoms with Crippen molar-refractivity contribution in [1.82, 2.24) is 5.32 Å². The molecule has 3 N–H and O–H groups in total. The summed E-state index contributed by atoms with van der Waals surface area (Å²) in [5, 5.41) is 15.1. The van der Waals surface area contributed by atoms with Crippen LogP contribution in [-0.2, 0) is 19.4 Å². The monoisotopic (exact) mass is 658 g/mol. The molecule has 44 heavy (non-hydrogen) atoms. The van der Waals surface area contributed by atoms with Crippen LogP contribution >= 0.6 is 11.6 Å². The maximum Gasteiger partial charge on any atom is 0.408 e. The molecule has 0 radical (unpaired) electrons. The third-order valence-electron chi connectivity index (χ3n) is 8.19. The molecule has 14 heteroatoms. The minimum atomic E-state index is -4.10. The van der Waals surface area contributed by atoms with Crippen LogP contribution in [0.1, 0.15) is 69.7 Å². The molecule has 4 atom stereocenters. The summed E-state index contributed by atoms with van der Waals surface area (Å²) in [6.45, 7) is 4.83.